The van der Waals surface area contributed by atoms with Crippen molar-refractivity contribution in [2.24, 2.45) is 0 Å². The molecule has 0 saturated heterocycles. The van der Waals surface area contributed by atoms with Gasteiger partial charge < -0.3 is 248 Å². The minimum Gasteiger partial charge on any atom is -1.00 e. The number of hydrogen-bond donors (Lipinski definition) is 0. The summed E-state index contributed by atoms with van der Waals surface area (Å²) < 4.78 is 0. The smallest absolute Gasteiger partial charge is 1.00 e. The summed E-state index contributed by atoms with van der Waals surface area (Å²) in [5.74, 6) is 0. The van der Waals surface area contributed by atoms with Crippen molar-refractivity contribution in [2.45, 2.75) is 0 Å². The fourth-order valence-electron chi connectivity index (χ4n) is 0. The minimum absolute atomic E-state index is 0. The monoisotopic (exact) mass is 980 g/mol. The second-order valence-corrected chi connectivity index (χ2v) is 0. The van der Waals surface area contributed by atoms with Crippen LogP contribution in [0.15, 0.2) is 0 Å². The summed E-state index contributed by atoms with van der Waals surface area (Å²) in [5.41, 5.74) is 0. The maximum Gasteiger partial charge on any atom is 2.00 e. The van der Waals surface area contributed by atoms with Gasteiger partial charge in [0.05, 0.1) is 0 Å². The first-order valence-corrected chi connectivity index (χ1v) is 0. The summed E-state index contributed by atoms with van der Waals surface area (Å²) in [4.78, 5) is 0. The van der Waals surface area contributed by atoms with Gasteiger partial charge in [0.25, 0.3) is 0 Å². The molecule has 50 heteroatoms. The molecule has 0 heterocycles. The Morgan fingerprint density at radius 2 is 0.0600 bits per heavy atom. The molecule has 0 aromatic carbocycles. The molecule has 0 atom stereocenters. The molecule has 0 aliphatic heterocycles. The Bertz CT molecular complexity index is 96.5. The Morgan fingerprint density at radius 1 is 0.0600 bits per heavy atom. The predicted molar refractivity (Wildman–Crippen MR) is 224 cm³/mol. The summed E-state index contributed by atoms with van der Waals surface area (Å²) in [6.07, 6.45) is 0. The molecule has 40 nitrogen and oxygen atoms in total. The zero-order chi connectivity index (χ0) is 0. The first-order valence-electron chi connectivity index (χ1n) is 0. The van der Waals surface area contributed by atoms with Crippen molar-refractivity contribution in [3.63, 3.8) is 0 Å². The van der Waals surface area contributed by atoms with Crippen LogP contribution in [0.5, 0.6) is 0 Å². The van der Waals surface area contributed by atoms with E-state index in [0.717, 1.165) is 0 Å². The van der Waals surface area contributed by atoms with Crippen molar-refractivity contribution in [2.75, 3.05) is 0 Å². The molecule has 0 aromatic rings. The Labute approximate surface area is 473 Å². The van der Waals surface area contributed by atoms with Crippen LogP contribution in [0.3, 0.4) is 0 Å². The van der Waals surface area contributed by atoms with E-state index >= 15 is 0 Å². The van der Waals surface area contributed by atoms with Crippen LogP contribution in [0.2, 0.25) is 0 Å². The molecule has 0 unspecified atom stereocenters. The molecule has 0 aromatic heterocycles. The van der Waals surface area contributed by atoms with Gasteiger partial charge in [-0.1, -0.05) is 0 Å². The van der Waals surface area contributed by atoms with Crippen molar-refractivity contribution < 1.29 is 248 Å². The minimum atomic E-state index is 0. The summed E-state index contributed by atoms with van der Waals surface area (Å²) in [5, 5.41) is 0. The van der Waals surface area contributed by atoms with Crippen LogP contribution in [-0.2, 0) is 0 Å². The third-order valence-corrected chi connectivity index (χ3v) is 0. The largest absolute Gasteiger partial charge is 2.00 e. The van der Waals surface area contributed by atoms with Gasteiger partial charge in [-0.05, 0) is 0 Å². The molecule has 0 rings (SSSR count). The van der Waals surface area contributed by atoms with Gasteiger partial charge in [0.15, 0.2) is 0 Å². The third kappa shape index (κ3) is 4140. The van der Waals surface area contributed by atoms with Gasteiger partial charge in [-0.25, -0.2) is 0 Å². The fourth-order valence-corrected chi connectivity index (χ4v) is 0. The summed E-state index contributed by atoms with van der Waals surface area (Å²) in [6, 6.07) is 0. The third-order valence-electron chi connectivity index (χ3n) is 0. The average molecular weight is 984 g/mol. The van der Waals surface area contributed by atoms with Gasteiger partial charge in [0, 0.05) is 0 Å². The van der Waals surface area contributed by atoms with Crippen LogP contribution in [0.1, 0.15) is 28.5 Å². The molecule has 50 heavy (non-hydrogen) atoms. The van der Waals surface area contributed by atoms with E-state index < -0.39 is 0 Å². The van der Waals surface area contributed by atoms with Gasteiger partial charge in [-0.15, -0.1) is 0 Å². The molecule has 0 aliphatic carbocycles. The van der Waals surface area contributed by atoms with Gasteiger partial charge in [0.2, 0.25) is 0 Å². The molecule has 360 valence electrons. The maximum atomic E-state index is 0. The van der Waals surface area contributed by atoms with Gasteiger partial charge >= 0.3 is 231 Å². The van der Waals surface area contributed by atoms with E-state index in [1.807, 2.05) is 0 Å². The van der Waals surface area contributed by atoms with E-state index in [1.54, 1.807) is 0 Å². The van der Waals surface area contributed by atoms with E-state index in [-0.39, 0.29) is 478 Å². The molecule has 0 bridgehead atoms. The normalized spacial score (nSPS) is 0. The van der Waals surface area contributed by atoms with E-state index in [2.05, 4.69) is 0 Å². The quantitative estimate of drug-likeness (QED) is 0.204. The Hall–Kier alpha value is 6.06. The van der Waals surface area contributed by atoms with E-state index in [4.69, 9.17) is 0 Å². The Kier molecular flexibility index (Phi) is 405000. The summed E-state index contributed by atoms with van der Waals surface area (Å²) >= 11 is 0. The van der Waals surface area contributed by atoms with Crippen molar-refractivity contribution in [3.05, 3.63) is 0 Å². The first-order chi connectivity index (χ1) is 0. The molecular weight excluding hydrogens is 883 g/mol. The standard InChI is InChI=1S/10Mg.40H2O.20H/h;;;;;;;;;;40*1H2;;;;;;;;;;;;;;;;;;;;/q10*+2;;;;;;;;;;;;;;;;;;;;;;;;;;;;;;;;;;;;;;;;;20*-1. The molecule has 0 radical (unpaired) electrons. The van der Waals surface area contributed by atoms with E-state index in [0.29, 0.717) is 0 Å². The molecule has 0 spiro atoms. The Balaban J connectivity index is 0. The van der Waals surface area contributed by atoms with E-state index in [1.165, 1.54) is 0 Å². The Morgan fingerprint density at radius 3 is 0.0600 bits per heavy atom. The molecular formula is H100Mg10O40. The summed E-state index contributed by atoms with van der Waals surface area (Å²) in [7, 11) is 0. The van der Waals surface area contributed by atoms with Gasteiger partial charge in [0.1, 0.15) is 0 Å². The van der Waals surface area contributed by atoms with Gasteiger partial charge in [-0.3, -0.25) is 0 Å². The van der Waals surface area contributed by atoms with Crippen molar-refractivity contribution >= 4 is 231 Å². The molecule has 0 fully saturated rings. The summed E-state index contributed by atoms with van der Waals surface area (Å²) in [6.45, 7) is 0. The van der Waals surface area contributed by atoms with Crippen LogP contribution in [-0.4, -0.2) is 450 Å². The number of rotatable bonds is 0. The van der Waals surface area contributed by atoms with Crippen LogP contribution >= 0.6 is 0 Å². The second-order valence-electron chi connectivity index (χ2n) is 0. The van der Waals surface area contributed by atoms with Crippen molar-refractivity contribution in [1.82, 2.24) is 0 Å². The van der Waals surface area contributed by atoms with Crippen LogP contribution < -0.4 is 0 Å². The topological polar surface area (TPSA) is 1260 Å². The zero-order valence-corrected chi connectivity index (χ0v) is 41.2. The second kappa shape index (κ2) is 4380. The van der Waals surface area contributed by atoms with Crippen LogP contribution in [0, 0.1) is 0 Å². The fraction of sp³-hybridized carbons (Fsp3) is 0. The SMILES string of the molecule is O.O.O.O.O.O.O.O.O.O.O.O.O.O.O.O.O.O.O.O.O.O.O.O.O.O.O.O.O.O.O.O.O.O.O.O.O.O.O.O.[H-].[H-].[H-].[H-].[H-].[H-].[H-].[H-].[H-].[H-].[H-].[H-].[H-].[H-].[H-].[H-].[H-].[H-].[H-].[H-].[Mg+2].[Mg+2].[Mg+2].[Mg+2].[Mg+2].[Mg+2].[Mg+2].[Mg+2].[Mg+2].[Mg+2]. The maximum absolute atomic E-state index is 0. The zero-order valence-electron chi connectivity index (χ0n) is 47.1. The van der Waals surface area contributed by atoms with Gasteiger partial charge in [-0.2, -0.15) is 0 Å². The average Bonchev–Trinajstić information content (AvgIpc) is 0. The van der Waals surface area contributed by atoms with Crippen molar-refractivity contribution in [1.29, 1.82) is 0 Å². The van der Waals surface area contributed by atoms with Crippen LogP contribution in [0.25, 0.3) is 0 Å². The number of hydrogen-bond acceptors (Lipinski definition) is 0. The molecule has 0 saturated carbocycles. The molecule has 80 N–H and O–H groups in total. The van der Waals surface area contributed by atoms with E-state index in [9.17, 15) is 0 Å². The predicted octanol–water partition coefficient (Wildman–Crippen LogP) is -34.5. The molecule has 0 amide bonds. The van der Waals surface area contributed by atoms with Crippen LogP contribution in [0.4, 0.5) is 0 Å². The molecule has 0 aliphatic rings. The first kappa shape index (κ1) is 4620. The van der Waals surface area contributed by atoms with Crippen molar-refractivity contribution in [3.8, 4) is 0 Å².